The van der Waals surface area contributed by atoms with Crippen molar-refractivity contribution in [3.05, 3.63) is 59.9 Å². The van der Waals surface area contributed by atoms with Gasteiger partial charge in [0.1, 0.15) is 5.82 Å². The highest BCUT2D eigenvalue weighted by atomic mass is 16.2. The molecule has 0 saturated carbocycles. The van der Waals surface area contributed by atoms with Crippen LogP contribution in [0.15, 0.2) is 48.8 Å². The molecule has 2 aliphatic heterocycles. The number of likely N-dealkylation sites (N-methyl/N-ethyl adjacent to an activating group) is 1. The van der Waals surface area contributed by atoms with Crippen molar-refractivity contribution in [3.8, 4) is 0 Å². The Hall–Kier alpha value is -2.93. The van der Waals surface area contributed by atoms with Gasteiger partial charge >= 0.3 is 0 Å². The van der Waals surface area contributed by atoms with E-state index in [1.165, 1.54) is 11.1 Å². The van der Waals surface area contributed by atoms with E-state index >= 15 is 0 Å². The molecule has 0 unspecified atom stereocenters. The molecule has 0 radical (unpaired) electrons. The van der Waals surface area contributed by atoms with Crippen LogP contribution in [-0.2, 0) is 17.8 Å². The van der Waals surface area contributed by atoms with Crippen LogP contribution in [0.2, 0.25) is 0 Å². The van der Waals surface area contributed by atoms with E-state index in [1.54, 1.807) is 10.7 Å². The molecule has 2 aliphatic rings. The van der Waals surface area contributed by atoms with Gasteiger partial charge in [-0.2, -0.15) is 0 Å². The Morgan fingerprint density at radius 2 is 1.82 bits per heavy atom. The quantitative estimate of drug-likeness (QED) is 0.677. The smallest absolute Gasteiger partial charge is 0.240 e. The van der Waals surface area contributed by atoms with Gasteiger partial charge in [-0.05, 0) is 36.7 Å². The Balaban J connectivity index is 1.25. The van der Waals surface area contributed by atoms with Crippen molar-refractivity contribution in [1.82, 2.24) is 24.4 Å². The predicted octanol–water partition coefficient (Wildman–Crippen LogP) is 1.43. The molecule has 1 aromatic carbocycles. The van der Waals surface area contributed by atoms with Gasteiger partial charge in [0.25, 0.3) is 0 Å². The maximum Gasteiger partial charge on any atom is 0.240 e. The summed E-state index contributed by atoms with van der Waals surface area (Å²) in [4.78, 5) is 23.9. The molecule has 3 aromatic rings. The van der Waals surface area contributed by atoms with E-state index in [2.05, 4.69) is 51.2 Å². The summed E-state index contributed by atoms with van der Waals surface area (Å²) in [5, 5.41) is 4.62. The number of carbonyl (C=O) groups is 1. The Bertz CT molecular complexity index is 1010. The van der Waals surface area contributed by atoms with Gasteiger partial charge in [-0.3, -0.25) is 9.69 Å². The second-order valence-electron chi connectivity index (χ2n) is 7.64. The third kappa shape index (κ3) is 3.01. The fourth-order valence-electron chi connectivity index (χ4n) is 4.27. The average Bonchev–Trinajstić information content (AvgIpc) is 3.21. The predicted molar refractivity (Wildman–Crippen MR) is 107 cm³/mol. The van der Waals surface area contributed by atoms with E-state index in [-0.39, 0.29) is 11.9 Å². The number of anilines is 1. The molecule has 28 heavy (non-hydrogen) atoms. The monoisotopic (exact) mass is 376 g/mol. The van der Waals surface area contributed by atoms with Crippen LogP contribution < -0.4 is 4.90 Å². The summed E-state index contributed by atoms with van der Waals surface area (Å²) in [7, 11) is 2.05. The molecule has 1 amide bonds. The van der Waals surface area contributed by atoms with Gasteiger partial charge in [-0.25, -0.2) is 9.50 Å². The largest absolute Gasteiger partial charge is 0.352 e. The van der Waals surface area contributed by atoms with Crippen molar-refractivity contribution >= 4 is 17.4 Å². The molecule has 144 valence electrons. The molecular weight excluding hydrogens is 352 g/mol. The van der Waals surface area contributed by atoms with Crippen LogP contribution in [0.4, 0.5) is 5.82 Å². The maximum absolute atomic E-state index is 13.2. The zero-order valence-electron chi connectivity index (χ0n) is 16.0. The first-order chi connectivity index (χ1) is 13.7. The number of piperazine rings is 1. The lowest BCUT2D eigenvalue weighted by Crippen LogP contribution is -2.56. The summed E-state index contributed by atoms with van der Waals surface area (Å²) in [6.45, 7) is 3.89. The van der Waals surface area contributed by atoms with E-state index in [9.17, 15) is 4.79 Å². The number of rotatable bonds is 2. The van der Waals surface area contributed by atoms with Crippen LogP contribution in [-0.4, -0.2) is 69.6 Å². The minimum atomic E-state index is -0.0677. The van der Waals surface area contributed by atoms with E-state index in [1.807, 2.05) is 23.2 Å². The van der Waals surface area contributed by atoms with Gasteiger partial charge in [0.05, 0.1) is 6.04 Å². The van der Waals surface area contributed by atoms with E-state index < -0.39 is 0 Å². The van der Waals surface area contributed by atoms with E-state index in [0.717, 1.165) is 50.6 Å². The molecule has 4 heterocycles. The number of aromatic nitrogens is 3. The number of amides is 1. The molecule has 1 atom stereocenters. The first-order valence-corrected chi connectivity index (χ1v) is 9.80. The van der Waals surface area contributed by atoms with Gasteiger partial charge < -0.3 is 9.80 Å². The first-order valence-electron chi connectivity index (χ1n) is 9.80. The number of imidazole rings is 1. The molecule has 1 saturated heterocycles. The summed E-state index contributed by atoms with van der Waals surface area (Å²) < 4.78 is 1.79. The molecule has 0 bridgehead atoms. The fraction of sp³-hybridized carbons (Fsp3) is 0.381. The Labute approximate surface area is 164 Å². The second kappa shape index (κ2) is 6.91. The number of benzene rings is 1. The Morgan fingerprint density at radius 3 is 2.64 bits per heavy atom. The average molecular weight is 376 g/mol. The van der Waals surface area contributed by atoms with Crippen LogP contribution in [0.1, 0.15) is 11.1 Å². The fourth-order valence-corrected chi connectivity index (χ4v) is 4.27. The first kappa shape index (κ1) is 17.2. The SMILES string of the molecule is CN1Cc2ccccc2C[C@@H]1C(=O)N1CCN(c2ccc3nccn3n2)CC1. The van der Waals surface area contributed by atoms with Gasteiger partial charge in [-0.15, -0.1) is 5.10 Å². The van der Waals surface area contributed by atoms with Crippen LogP contribution in [0.5, 0.6) is 0 Å². The van der Waals surface area contributed by atoms with E-state index in [0.29, 0.717) is 0 Å². The molecule has 0 spiro atoms. The number of carbonyl (C=O) groups excluding carboxylic acids is 1. The lowest BCUT2D eigenvalue weighted by atomic mass is 9.93. The minimum Gasteiger partial charge on any atom is -0.352 e. The summed E-state index contributed by atoms with van der Waals surface area (Å²) >= 11 is 0. The molecule has 0 N–H and O–H groups in total. The van der Waals surface area contributed by atoms with Crippen molar-refractivity contribution in [2.24, 2.45) is 0 Å². The van der Waals surface area contributed by atoms with Gasteiger partial charge in [0, 0.05) is 45.1 Å². The highest BCUT2D eigenvalue weighted by Gasteiger charge is 2.33. The standard InChI is InChI=1S/C21H24N6O/c1-24-15-17-5-3-2-4-16(17)14-18(24)21(28)26-12-10-25(11-13-26)20-7-6-19-22-8-9-27(19)23-20/h2-9,18H,10-15H2,1H3/t18-/m1/s1. The molecule has 7 heteroatoms. The van der Waals surface area contributed by atoms with Crippen molar-refractivity contribution in [3.63, 3.8) is 0 Å². The van der Waals surface area contributed by atoms with Gasteiger partial charge in [-0.1, -0.05) is 24.3 Å². The van der Waals surface area contributed by atoms with Gasteiger partial charge in [0.15, 0.2) is 5.65 Å². The Kier molecular flexibility index (Phi) is 4.24. The van der Waals surface area contributed by atoms with Gasteiger partial charge in [0.2, 0.25) is 5.91 Å². The molecule has 1 fully saturated rings. The van der Waals surface area contributed by atoms with Crippen LogP contribution in [0.25, 0.3) is 5.65 Å². The molecular formula is C21H24N6O. The number of hydrogen-bond donors (Lipinski definition) is 0. The molecule has 7 nitrogen and oxygen atoms in total. The van der Waals surface area contributed by atoms with Crippen LogP contribution >= 0.6 is 0 Å². The topological polar surface area (TPSA) is 57.0 Å². The summed E-state index contributed by atoms with van der Waals surface area (Å²) in [5.41, 5.74) is 3.48. The lowest BCUT2D eigenvalue weighted by Gasteiger charge is -2.40. The number of hydrogen-bond acceptors (Lipinski definition) is 5. The lowest BCUT2D eigenvalue weighted by molar-refractivity contribution is -0.137. The number of fused-ring (bicyclic) bond motifs is 2. The van der Waals surface area contributed by atoms with Crippen LogP contribution in [0, 0.1) is 0 Å². The Morgan fingerprint density at radius 1 is 1.04 bits per heavy atom. The van der Waals surface area contributed by atoms with Crippen molar-refractivity contribution in [1.29, 1.82) is 0 Å². The zero-order valence-corrected chi connectivity index (χ0v) is 16.0. The van der Waals surface area contributed by atoms with Crippen molar-refractivity contribution < 1.29 is 4.79 Å². The van der Waals surface area contributed by atoms with E-state index in [4.69, 9.17) is 0 Å². The highest BCUT2D eigenvalue weighted by molar-refractivity contribution is 5.83. The molecule has 5 rings (SSSR count). The van der Waals surface area contributed by atoms with Crippen LogP contribution in [0.3, 0.4) is 0 Å². The summed E-state index contributed by atoms with van der Waals surface area (Å²) in [6.07, 6.45) is 4.40. The maximum atomic E-state index is 13.2. The number of nitrogens with zero attached hydrogens (tertiary/aromatic N) is 6. The minimum absolute atomic E-state index is 0.0677. The van der Waals surface area contributed by atoms with Crippen molar-refractivity contribution in [2.45, 2.75) is 19.0 Å². The summed E-state index contributed by atoms with van der Waals surface area (Å²) in [6, 6.07) is 12.4. The normalized spacial score (nSPS) is 20.4. The third-order valence-electron chi connectivity index (χ3n) is 5.92. The summed E-state index contributed by atoms with van der Waals surface area (Å²) in [5.74, 6) is 1.18. The molecule has 2 aromatic heterocycles. The third-order valence-corrected chi connectivity index (χ3v) is 5.92. The highest BCUT2D eigenvalue weighted by Crippen LogP contribution is 2.24. The van der Waals surface area contributed by atoms with Crippen molar-refractivity contribution in [2.75, 3.05) is 38.1 Å². The second-order valence-corrected chi connectivity index (χ2v) is 7.64. The zero-order chi connectivity index (χ0) is 19.1. The molecule has 0 aliphatic carbocycles.